The van der Waals surface area contributed by atoms with Crippen LogP contribution < -0.4 is 5.32 Å². The van der Waals surface area contributed by atoms with Crippen molar-refractivity contribution in [3.63, 3.8) is 0 Å². The van der Waals surface area contributed by atoms with E-state index < -0.39 is 0 Å². The molecule has 2 aliphatic rings. The van der Waals surface area contributed by atoms with Crippen LogP contribution in [0, 0.1) is 13.8 Å². The highest BCUT2D eigenvalue weighted by atomic mass is 32.1. The van der Waals surface area contributed by atoms with Gasteiger partial charge in [-0.05, 0) is 64.0 Å². The Morgan fingerprint density at radius 3 is 2.89 bits per heavy atom. The minimum absolute atomic E-state index is 0.279. The Bertz CT molecular complexity index is 986. The number of anilines is 1. The summed E-state index contributed by atoms with van der Waals surface area (Å²) in [6.07, 6.45) is 7.37. The fourth-order valence-electron chi connectivity index (χ4n) is 4.22. The molecule has 6 nitrogen and oxygen atoms in total. The van der Waals surface area contributed by atoms with E-state index in [-0.39, 0.29) is 6.10 Å². The second kappa shape index (κ2) is 6.87. The van der Waals surface area contributed by atoms with Gasteiger partial charge >= 0.3 is 0 Å². The first-order valence-electron chi connectivity index (χ1n) is 9.90. The minimum Gasteiger partial charge on any atom is -0.376 e. The van der Waals surface area contributed by atoms with Crippen molar-refractivity contribution < 1.29 is 4.74 Å². The zero-order chi connectivity index (χ0) is 18.4. The molecule has 1 aliphatic carbocycles. The van der Waals surface area contributed by atoms with E-state index in [2.05, 4.69) is 16.5 Å². The molecule has 0 radical (unpaired) electrons. The van der Waals surface area contributed by atoms with Gasteiger partial charge in [-0.15, -0.1) is 11.3 Å². The molecule has 0 bridgehead atoms. The lowest BCUT2D eigenvalue weighted by Gasteiger charge is -2.15. The molecule has 1 N–H and O–H groups in total. The van der Waals surface area contributed by atoms with Crippen molar-refractivity contribution in [2.24, 2.45) is 0 Å². The van der Waals surface area contributed by atoms with Gasteiger partial charge in [-0.1, -0.05) is 0 Å². The quantitative estimate of drug-likeness (QED) is 0.739. The summed E-state index contributed by atoms with van der Waals surface area (Å²) in [7, 11) is 0. The van der Waals surface area contributed by atoms with Gasteiger partial charge in [0.05, 0.1) is 17.2 Å². The van der Waals surface area contributed by atoms with Gasteiger partial charge in [-0.2, -0.15) is 15.1 Å². The zero-order valence-electron chi connectivity index (χ0n) is 15.9. The summed E-state index contributed by atoms with van der Waals surface area (Å²) in [4.78, 5) is 12.4. The first kappa shape index (κ1) is 17.1. The summed E-state index contributed by atoms with van der Waals surface area (Å²) in [5, 5.41) is 9.40. The maximum absolute atomic E-state index is 5.80. The number of thiophene rings is 1. The number of nitrogens with one attached hydrogen (secondary N) is 1. The molecular weight excluding hydrogens is 358 g/mol. The van der Waals surface area contributed by atoms with Gasteiger partial charge in [0, 0.05) is 23.7 Å². The molecule has 0 spiro atoms. The average molecular weight is 384 g/mol. The van der Waals surface area contributed by atoms with Crippen molar-refractivity contribution in [2.75, 3.05) is 18.5 Å². The van der Waals surface area contributed by atoms with E-state index in [1.165, 1.54) is 28.7 Å². The molecule has 1 aliphatic heterocycles. The highest BCUT2D eigenvalue weighted by Gasteiger charge is 2.23. The first-order valence-corrected chi connectivity index (χ1v) is 10.7. The second-order valence-corrected chi connectivity index (χ2v) is 8.70. The van der Waals surface area contributed by atoms with E-state index in [1.807, 2.05) is 29.9 Å². The Balaban J connectivity index is 1.61. The van der Waals surface area contributed by atoms with Gasteiger partial charge in [-0.25, -0.2) is 4.68 Å². The molecule has 1 unspecified atom stereocenters. The van der Waals surface area contributed by atoms with Crippen LogP contribution in [0.15, 0.2) is 6.07 Å². The van der Waals surface area contributed by atoms with Crippen LogP contribution in [0.5, 0.6) is 0 Å². The lowest BCUT2D eigenvalue weighted by Crippen LogP contribution is -2.20. The van der Waals surface area contributed by atoms with E-state index in [0.717, 1.165) is 60.9 Å². The molecule has 1 fully saturated rings. The number of aromatic nitrogens is 4. The zero-order valence-corrected chi connectivity index (χ0v) is 16.7. The van der Waals surface area contributed by atoms with Crippen molar-refractivity contribution in [3.8, 4) is 5.95 Å². The van der Waals surface area contributed by atoms with Crippen LogP contribution in [-0.2, 0) is 17.6 Å². The van der Waals surface area contributed by atoms with Crippen molar-refractivity contribution in [2.45, 2.75) is 58.5 Å². The van der Waals surface area contributed by atoms with Gasteiger partial charge in [0.25, 0.3) is 5.95 Å². The average Bonchev–Trinajstić information content (AvgIpc) is 3.37. The van der Waals surface area contributed by atoms with E-state index >= 15 is 0 Å². The van der Waals surface area contributed by atoms with Crippen LogP contribution >= 0.6 is 11.3 Å². The molecule has 27 heavy (non-hydrogen) atoms. The van der Waals surface area contributed by atoms with Crippen molar-refractivity contribution >= 4 is 27.4 Å². The number of ether oxygens (including phenoxy) is 1. The molecule has 7 heteroatoms. The number of hydrogen-bond acceptors (Lipinski definition) is 6. The summed E-state index contributed by atoms with van der Waals surface area (Å²) in [6.45, 7) is 5.72. The van der Waals surface area contributed by atoms with Gasteiger partial charge in [0.2, 0.25) is 0 Å². The lowest BCUT2D eigenvalue weighted by molar-refractivity contribution is 0.120. The summed E-state index contributed by atoms with van der Waals surface area (Å²) in [5.74, 6) is 1.60. The molecule has 1 saturated heterocycles. The number of hydrogen-bond donors (Lipinski definition) is 1. The lowest BCUT2D eigenvalue weighted by atomic mass is 9.97. The molecule has 142 valence electrons. The van der Waals surface area contributed by atoms with Crippen LogP contribution in [0.2, 0.25) is 0 Å². The largest absolute Gasteiger partial charge is 0.376 e. The highest BCUT2D eigenvalue weighted by Crippen LogP contribution is 2.39. The van der Waals surface area contributed by atoms with Crippen LogP contribution in [-0.4, -0.2) is 39.0 Å². The summed E-state index contributed by atoms with van der Waals surface area (Å²) < 4.78 is 7.65. The van der Waals surface area contributed by atoms with Gasteiger partial charge < -0.3 is 10.1 Å². The van der Waals surface area contributed by atoms with Crippen LogP contribution in [0.1, 0.15) is 47.5 Å². The predicted molar refractivity (Wildman–Crippen MR) is 108 cm³/mol. The molecule has 4 heterocycles. The van der Waals surface area contributed by atoms with Crippen LogP contribution in [0.3, 0.4) is 0 Å². The predicted octanol–water partition coefficient (Wildman–Crippen LogP) is 3.96. The van der Waals surface area contributed by atoms with E-state index in [4.69, 9.17) is 14.7 Å². The van der Waals surface area contributed by atoms with Crippen LogP contribution in [0.4, 0.5) is 5.82 Å². The SMILES string of the molecule is Cc1cc(C)n(-c2nc(NCC3CCCO3)c3c4c(sc3n2)CCCC4)n1. The number of nitrogens with zero attached hydrogens (tertiary/aromatic N) is 4. The number of rotatable bonds is 4. The molecule has 1 atom stereocenters. The molecule has 0 amide bonds. The Kier molecular flexibility index (Phi) is 4.36. The summed E-state index contributed by atoms with van der Waals surface area (Å²) >= 11 is 1.83. The third-order valence-electron chi connectivity index (χ3n) is 5.52. The fraction of sp³-hybridized carbons (Fsp3) is 0.550. The Labute approximate surface area is 163 Å². The standard InChI is InChI=1S/C20H25N5OS/c1-12-10-13(2)25(24-12)20-22-18(21-11-14-6-5-9-26-14)17-15-7-3-4-8-16(15)27-19(17)23-20/h10,14H,3-9,11H2,1-2H3,(H,21,22,23). The Morgan fingerprint density at radius 1 is 1.22 bits per heavy atom. The van der Waals surface area contributed by atoms with Crippen molar-refractivity contribution in [1.29, 1.82) is 0 Å². The van der Waals surface area contributed by atoms with Gasteiger partial charge in [0.1, 0.15) is 10.6 Å². The number of fused-ring (bicyclic) bond motifs is 3. The van der Waals surface area contributed by atoms with E-state index in [9.17, 15) is 0 Å². The van der Waals surface area contributed by atoms with Gasteiger partial charge in [-0.3, -0.25) is 0 Å². The normalized spacial score (nSPS) is 19.6. The summed E-state index contributed by atoms with van der Waals surface area (Å²) in [6, 6.07) is 2.06. The molecule has 0 saturated carbocycles. The maximum Gasteiger partial charge on any atom is 0.254 e. The molecular formula is C20H25N5OS. The Morgan fingerprint density at radius 2 is 2.11 bits per heavy atom. The molecule has 5 rings (SSSR count). The highest BCUT2D eigenvalue weighted by molar-refractivity contribution is 7.19. The molecule has 0 aromatic carbocycles. The Hall–Kier alpha value is -1.99. The molecule has 3 aromatic rings. The smallest absolute Gasteiger partial charge is 0.254 e. The third-order valence-corrected chi connectivity index (χ3v) is 6.71. The third kappa shape index (κ3) is 3.12. The van der Waals surface area contributed by atoms with Gasteiger partial charge in [0.15, 0.2) is 0 Å². The maximum atomic E-state index is 5.80. The van der Waals surface area contributed by atoms with Crippen LogP contribution in [0.25, 0.3) is 16.2 Å². The van der Waals surface area contributed by atoms with E-state index in [0.29, 0.717) is 5.95 Å². The van der Waals surface area contributed by atoms with Crippen molar-refractivity contribution in [1.82, 2.24) is 19.7 Å². The topological polar surface area (TPSA) is 64.9 Å². The first-order chi connectivity index (χ1) is 13.2. The summed E-state index contributed by atoms with van der Waals surface area (Å²) in [5.41, 5.74) is 3.49. The van der Waals surface area contributed by atoms with E-state index in [1.54, 1.807) is 0 Å². The fourth-order valence-corrected chi connectivity index (χ4v) is 5.47. The minimum atomic E-state index is 0.279. The second-order valence-electron chi connectivity index (χ2n) is 7.62. The number of aryl methyl sites for hydroxylation is 4. The van der Waals surface area contributed by atoms with Crippen molar-refractivity contribution in [3.05, 3.63) is 27.9 Å². The monoisotopic (exact) mass is 383 g/mol. The molecule has 3 aromatic heterocycles.